The van der Waals surface area contributed by atoms with Crippen LogP contribution in [0.5, 0.6) is 5.75 Å². The first-order chi connectivity index (χ1) is 10.1. The first kappa shape index (κ1) is 15.5. The first-order valence-electron chi connectivity index (χ1n) is 6.41. The smallest absolute Gasteiger partial charge is 0.307 e. The van der Waals surface area contributed by atoms with E-state index in [1.54, 1.807) is 18.2 Å². The summed E-state index contributed by atoms with van der Waals surface area (Å²) in [5.41, 5.74) is 2.22. The highest BCUT2D eigenvalue weighted by atomic mass is 79.9. The number of carboxylic acids is 1. The Balaban J connectivity index is 2.19. The predicted molar refractivity (Wildman–Crippen MR) is 82.2 cm³/mol. The molecule has 0 heterocycles. The second-order valence-corrected chi connectivity index (χ2v) is 5.37. The van der Waals surface area contributed by atoms with E-state index in [2.05, 4.69) is 15.9 Å². The Morgan fingerprint density at radius 2 is 1.71 bits per heavy atom. The van der Waals surface area contributed by atoms with Gasteiger partial charge in [-0.3, -0.25) is 4.79 Å². The minimum Gasteiger partial charge on any atom is -0.487 e. The maximum atomic E-state index is 10.9. The van der Waals surface area contributed by atoms with Gasteiger partial charge in [-0.15, -0.1) is 0 Å². The molecule has 0 aliphatic heterocycles. The van der Waals surface area contributed by atoms with Crippen molar-refractivity contribution in [2.45, 2.75) is 19.6 Å². The molecule has 0 saturated heterocycles. The lowest BCUT2D eigenvalue weighted by atomic mass is 10.1. The highest BCUT2D eigenvalue weighted by Crippen LogP contribution is 2.30. The largest absolute Gasteiger partial charge is 0.487 e. The van der Waals surface area contributed by atoms with Gasteiger partial charge in [0.05, 0.1) is 17.5 Å². The summed E-state index contributed by atoms with van der Waals surface area (Å²) < 4.78 is 6.52. The number of para-hydroxylation sites is 1. The monoisotopic (exact) mass is 350 g/mol. The number of carbonyl (C=O) groups is 1. The summed E-state index contributed by atoms with van der Waals surface area (Å²) >= 11 is 3.39. The van der Waals surface area contributed by atoms with Crippen LogP contribution in [0.15, 0.2) is 46.9 Å². The number of benzene rings is 2. The SMILES string of the molecule is O=C(O)Cc1ccccc1COc1c(Br)cccc1CO. The topological polar surface area (TPSA) is 66.8 Å². The Labute approximate surface area is 131 Å². The molecule has 0 bridgehead atoms. The van der Waals surface area contributed by atoms with Crippen molar-refractivity contribution in [3.63, 3.8) is 0 Å². The van der Waals surface area contributed by atoms with Gasteiger partial charge in [-0.05, 0) is 33.1 Å². The summed E-state index contributed by atoms with van der Waals surface area (Å²) in [4.78, 5) is 10.9. The van der Waals surface area contributed by atoms with E-state index in [0.29, 0.717) is 11.3 Å². The molecule has 2 N–H and O–H groups in total. The van der Waals surface area contributed by atoms with Gasteiger partial charge in [0, 0.05) is 5.56 Å². The molecule has 0 atom stereocenters. The molecule has 2 rings (SSSR count). The summed E-state index contributed by atoms with van der Waals surface area (Å²) in [6.45, 7) is 0.130. The van der Waals surface area contributed by atoms with E-state index in [4.69, 9.17) is 9.84 Å². The average Bonchev–Trinajstić information content (AvgIpc) is 2.46. The zero-order valence-corrected chi connectivity index (χ0v) is 12.8. The Hall–Kier alpha value is -1.85. The number of aliphatic hydroxyl groups is 1. The fraction of sp³-hybridized carbons (Fsp3) is 0.188. The molecular formula is C16H15BrO4. The van der Waals surface area contributed by atoms with Crippen molar-refractivity contribution >= 4 is 21.9 Å². The zero-order valence-electron chi connectivity index (χ0n) is 11.3. The lowest BCUT2D eigenvalue weighted by Crippen LogP contribution is -2.06. The van der Waals surface area contributed by atoms with Crippen LogP contribution in [0, 0.1) is 0 Å². The fourth-order valence-corrected chi connectivity index (χ4v) is 2.54. The molecule has 0 saturated carbocycles. The van der Waals surface area contributed by atoms with Crippen LogP contribution in [0.2, 0.25) is 0 Å². The van der Waals surface area contributed by atoms with Gasteiger partial charge < -0.3 is 14.9 Å². The van der Waals surface area contributed by atoms with Gasteiger partial charge in [-0.1, -0.05) is 36.4 Å². The molecule has 4 nitrogen and oxygen atoms in total. The molecule has 0 aromatic heterocycles. The fourth-order valence-electron chi connectivity index (χ4n) is 2.02. The van der Waals surface area contributed by atoms with Crippen molar-refractivity contribution in [3.05, 3.63) is 63.6 Å². The molecule has 110 valence electrons. The molecular weight excluding hydrogens is 336 g/mol. The van der Waals surface area contributed by atoms with Crippen LogP contribution in [0.4, 0.5) is 0 Å². The lowest BCUT2D eigenvalue weighted by molar-refractivity contribution is -0.136. The van der Waals surface area contributed by atoms with Crippen molar-refractivity contribution < 1.29 is 19.7 Å². The molecule has 0 fully saturated rings. The molecule has 0 aliphatic carbocycles. The van der Waals surface area contributed by atoms with Crippen LogP contribution in [0.25, 0.3) is 0 Å². The lowest BCUT2D eigenvalue weighted by Gasteiger charge is -2.14. The van der Waals surface area contributed by atoms with E-state index in [0.717, 1.165) is 15.6 Å². The standard InChI is InChI=1S/C16H15BrO4/c17-14-7-3-6-12(9-18)16(14)21-10-13-5-2-1-4-11(13)8-15(19)20/h1-7,18H,8-10H2,(H,19,20). The van der Waals surface area contributed by atoms with Gasteiger partial charge in [-0.25, -0.2) is 0 Å². The Bertz CT molecular complexity index is 640. The average molecular weight is 351 g/mol. The number of rotatable bonds is 6. The van der Waals surface area contributed by atoms with Crippen molar-refractivity contribution in [3.8, 4) is 5.75 Å². The quantitative estimate of drug-likeness (QED) is 0.839. The van der Waals surface area contributed by atoms with Crippen molar-refractivity contribution in [2.24, 2.45) is 0 Å². The molecule has 5 heteroatoms. The summed E-state index contributed by atoms with van der Waals surface area (Å²) in [7, 11) is 0. The molecule has 0 aliphatic rings. The summed E-state index contributed by atoms with van der Waals surface area (Å²) in [5.74, 6) is -0.301. The molecule has 2 aromatic rings. The van der Waals surface area contributed by atoms with Crippen LogP contribution < -0.4 is 4.74 Å². The van der Waals surface area contributed by atoms with Gasteiger partial charge in [0.25, 0.3) is 0 Å². The first-order valence-corrected chi connectivity index (χ1v) is 7.20. The van der Waals surface area contributed by atoms with E-state index in [1.165, 1.54) is 0 Å². The van der Waals surface area contributed by atoms with Gasteiger partial charge >= 0.3 is 5.97 Å². The Kier molecular flexibility index (Phi) is 5.36. The third-order valence-corrected chi connectivity index (χ3v) is 3.68. The summed E-state index contributed by atoms with van der Waals surface area (Å²) in [6, 6.07) is 12.7. The molecule has 2 aromatic carbocycles. The second kappa shape index (κ2) is 7.24. The minimum atomic E-state index is -0.876. The molecule has 0 amide bonds. The maximum Gasteiger partial charge on any atom is 0.307 e. The van der Waals surface area contributed by atoms with Crippen LogP contribution in [0.1, 0.15) is 16.7 Å². The van der Waals surface area contributed by atoms with Crippen molar-refractivity contribution in [2.75, 3.05) is 0 Å². The van der Waals surface area contributed by atoms with E-state index in [-0.39, 0.29) is 19.6 Å². The van der Waals surface area contributed by atoms with Crippen LogP contribution >= 0.6 is 15.9 Å². The maximum absolute atomic E-state index is 10.9. The second-order valence-electron chi connectivity index (χ2n) is 4.51. The van der Waals surface area contributed by atoms with E-state index < -0.39 is 5.97 Å². The number of carboxylic acid groups (broad SMARTS) is 1. The van der Waals surface area contributed by atoms with Gasteiger partial charge in [0.15, 0.2) is 0 Å². The zero-order chi connectivity index (χ0) is 15.2. The molecule has 0 unspecified atom stereocenters. The highest BCUT2D eigenvalue weighted by Gasteiger charge is 2.10. The summed E-state index contributed by atoms with van der Waals surface area (Å²) in [6.07, 6.45) is -0.0393. The Morgan fingerprint density at radius 1 is 1.05 bits per heavy atom. The number of aliphatic hydroxyl groups excluding tert-OH is 1. The van der Waals surface area contributed by atoms with E-state index in [1.807, 2.05) is 24.3 Å². The predicted octanol–water partition coefficient (Wildman–Crippen LogP) is 3.15. The normalized spacial score (nSPS) is 10.4. The van der Waals surface area contributed by atoms with Crippen LogP contribution in [-0.2, 0) is 24.4 Å². The molecule has 21 heavy (non-hydrogen) atoms. The van der Waals surface area contributed by atoms with Gasteiger partial charge in [0.1, 0.15) is 12.4 Å². The highest BCUT2D eigenvalue weighted by molar-refractivity contribution is 9.10. The third-order valence-electron chi connectivity index (χ3n) is 3.05. The van der Waals surface area contributed by atoms with E-state index >= 15 is 0 Å². The number of hydrogen-bond donors (Lipinski definition) is 2. The van der Waals surface area contributed by atoms with Crippen LogP contribution in [0.3, 0.4) is 0 Å². The minimum absolute atomic E-state index is 0.0393. The molecule has 0 spiro atoms. The van der Waals surface area contributed by atoms with Crippen molar-refractivity contribution in [1.29, 1.82) is 0 Å². The number of halogens is 1. The number of hydrogen-bond acceptors (Lipinski definition) is 3. The number of aliphatic carboxylic acids is 1. The number of ether oxygens (including phenoxy) is 1. The van der Waals surface area contributed by atoms with Crippen molar-refractivity contribution in [1.82, 2.24) is 0 Å². The van der Waals surface area contributed by atoms with E-state index in [9.17, 15) is 9.90 Å². The van der Waals surface area contributed by atoms with Gasteiger partial charge in [0.2, 0.25) is 0 Å². The summed E-state index contributed by atoms with van der Waals surface area (Å²) in [5, 5.41) is 18.3. The van der Waals surface area contributed by atoms with Crippen LogP contribution in [-0.4, -0.2) is 16.2 Å². The molecule has 0 radical (unpaired) electrons. The Morgan fingerprint density at radius 3 is 2.38 bits per heavy atom. The third kappa shape index (κ3) is 4.06. The van der Waals surface area contributed by atoms with Gasteiger partial charge in [-0.2, -0.15) is 0 Å².